The number of amides is 1. The predicted molar refractivity (Wildman–Crippen MR) is 126 cm³/mol. The highest BCUT2D eigenvalue weighted by Gasteiger charge is 2.27. The molecule has 0 N–H and O–H groups in total. The summed E-state index contributed by atoms with van der Waals surface area (Å²) in [7, 11) is 0. The van der Waals surface area contributed by atoms with Crippen LogP contribution < -0.4 is 0 Å². The lowest BCUT2D eigenvalue weighted by molar-refractivity contribution is 0.104. The van der Waals surface area contributed by atoms with Crippen molar-refractivity contribution in [1.82, 2.24) is 9.88 Å². The second-order valence-corrected chi connectivity index (χ2v) is 8.86. The molecule has 2 aromatic rings. The molecule has 1 amide bonds. The third-order valence-electron chi connectivity index (χ3n) is 6.33. The smallest absolute Gasteiger partial charge is 0.409 e. The standard InChI is InChI=1S/C26H31ClN2O2/c1-3-5-6-18-15-21-8-7-20-16-22(27)9-10-23(20)24(25(21)28-17-18)19-11-13-29(14-12-19)26(30)31-4-2/h9-10,15-17H,3-8,11-14H2,1-2H3. The summed E-state index contributed by atoms with van der Waals surface area (Å²) in [5.41, 5.74) is 8.93. The lowest BCUT2D eigenvalue weighted by Crippen LogP contribution is -2.37. The Labute approximate surface area is 190 Å². The number of benzene rings is 1. The molecule has 1 aliphatic heterocycles. The second-order valence-electron chi connectivity index (χ2n) is 8.42. The minimum atomic E-state index is -0.210. The molecule has 0 spiro atoms. The minimum absolute atomic E-state index is 0.210. The highest BCUT2D eigenvalue weighted by atomic mass is 35.5. The molecule has 1 fully saturated rings. The first-order chi connectivity index (χ1) is 15.1. The first-order valence-corrected chi connectivity index (χ1v) is 11.9. The van der Waals surface area contributed by atoms with Crippen LogP contribution in [0, 0.1) is 0 Å². The van der Waals surface area contributed by atoms with Crippen molar-refractivity contribution in [2.75, 3.05) is 19.7 Å². The second kappa shape index (κ2) is 9.86. The van der Waals surface area contributed by atoms with Gasteiger partial charge in [-0.05, 0) is 79.8 Å². The molecule has 2 heterocycles. The number of aromatic nitrogens is 1. The number of nitrogens with zero attached hydrogens (tertiary/aromatic N) is 2. The molecular weight excluding hydrogens is 408 g/mol. The van der Waals surface area contributed by atoms with E-state index in [4.69, 9.17) is 21.3 Å². The van der Waals surface area contributed by atoms with Gasteiger partial charge < -0.3 is 9.64 Å². The van der Waals surface area contributed by atoms with Crippen molar-refractivity contribution >= 4 is 23.3 Å². The van der Waals surface area contributed by atoms with Crippen LogP contribution in [-0.4, -0.2) is 35.7 Å². The van der Waals surface area contributed by atoms with E-state index in [0.717, 1.165) is 42.8 Å². The fourth-order valence-electron chi connectivity index (χ4n) is 4.68. The van der Waals surface area contributed by atoms with Crippen molar-refractivity contribution in [2.24, 2.45) is 0 Å². The van der Waals surface area contributed by atoms with Crippen LogP contribution in [0.2, 0.25) is 5.02 Å². The van der Waals surface area contributed by atoms with E-state index in [0.29, 0.717) is 19.7 Å². The molecule has 164 valence electrons. The quantitative estimate of drug-likeness (QED) is 0.568. The number of ether oxygens (including phenoxy) is 1. The fraction of sp³-hybridized carbons (Fsp3) is 0.462. The molecule has 1 aliphatic carbocycles. The maximum absolute atomic E-state index is 12.2. The van der Waals surface area contributed by atoms with Gasteiger partial charge in [0, 0.05) is 29.9 Å². The summed E-state index contributed by atoms with van der Waals surface area (Å²) in [6.45, 7) is 5.85. The number of pyridine rings is 1. The van der Waals surface area contributed by atoms with E-state index in [1.54, 1.807) is 0 Å². The van der Waals surface area contributed by atoms with Gasteiger partial charge in [-0.25, -0.2) is 4.79 Å². The van der Waals surface area contributed by atoms with Gasteiger partial charge in [-0.15, -0.1) is 0 Å². The lowest BCUT2D eigenvalue weighted by Gasteiger charge is -2.29. The Kier molecular flexibility index (Phi) is 6.96. The van der Waals surface area contributed by atoms with Crippen LogP contribution in [0.4, 0.5) is 4.79 Å². The molecule has 5 heteroatoms. The number of fused-ring (bicyclic) bond motifs is 2. The number of likely N-dealkylation sites (tertiary alicyclic amines) is 1. The first-order valence-electron chi connectivity index (χ1n) is 11.5. The Hall–Kier alpha value is -2.33. The SMILES string of the molecule is CCCCc1cnc2c(c1)CCc1cc(Cl)ccc1C2=C1CCN(C(=O)OCC)CC1. The van der Waals surface area contributed by atoms with Crippen LogP contribution >= 0.6 is 11.6 Å². The number of carbonyl (C=O) groups is 1. The van der Waals surface area contributed by atoms with Crippen molar-refractivity contribution in [1.29, 1.82) is 0 Å². The van der Waals surface area contributed by atoms with E-state index < -0.39 is 0 Å². The number of piperidine rings is 1. The minimum Gasteiger partial charge on any atom is -0.450 e. The van der Waals surface area contributed by atoms with Crippen molar-refractivity contribution in [2.45, 2.75) is 58.8 Å². The van der Waals surface area contributed by atoms with Crippen LogP contribution in [0.5, 0.6) is 0 Å². The number of unbranched alkanes of at least 4 members (excludes halogenated alkanes) is 1. The molecule has 0 unspecified atom stereocenters. The topological polar surface area (TPSA) is 42.4 Å². The number of carbonyl (C=O) groups excluding carboxylic acids is 1. The molecular formula is C26H31ClN2O2. The van der Waals surface area contributed by atoms with E-state index in [1.807, 2.05) is 17.9 Å². The molecule has 0 bridgehead atoms. The molecule has 4 rings (SSSR count). The van der Waals surface area contributed by atoms with E-state index in [2.05, 4.69) is 31.3 Å². The molecule has 0 atom stereocenters. The Morgan fingerprint density at radius 3 is 2.61 bits per heavy atom. The van der Waals surface area contributed by atoms with Crippen LogP contribution in [-0.2, 0) is 24.0 Å². The monoisotopic (exact) mass is 438 g/mol. The Bertz CT molecular complexity index is 989. The molecule has 1 saturated heterocycles. The van der Waals surface area contributed by atoms with E-state index in [1.165, 1.54) is 46.2 Å². The van der Waals surface area contributed by atoms with Gasteiger partial charge in [0.05, 0.1) is 12.3 Å². The summed E-state index contributed by atoms with van der Waals surface area (Å²) in [4.78, 5) is 19.0. The summed E-state index contributed by atoms with van der Waals surface area (Å²) >= 11 is 6.35. The molecule has 0 radical (unpaired) electrons. The lowest BCUT2D eigenvalue weighted by atomic mass is 9.88. The molecule has 1 aromatic carbocycles. The average molecular weight is 439 g/mol. The number of halogens is 1. The van der Waals surface area contributed by atoms with E-state index in [9.17, 15) is 4.79 Å². The highest BCUT2D eigenvalue weighted by Crippen LogP contribution is 2.38. The zero-order valence-electron chi connectivity index (χ0n) is 18.5. The van der Waals surface area contributed by atoms with Gasteiger partial charge in [0.15, 0.2) is 0 Å². The summed E-state index contributed by atoms with van der Waals surface area (Å²) in [6.07, 6.45) is 8.93. The van der Waals surface area contributed by atoms with Crippen molar-refractivity contribution in [3.63, 3.8) is 0 Å². The molecule has 4 nitrogen and oxygen atoms in total. The largest absolute Gasteiger partial charge is 0.450 e. The first kappa shape index (κ1) is 21.9. The number of hydrogen-bond donors (Lipinski definition) is 0. The zero-order valence-corrected chi connectivity index (χ0v) is 19.3. The van der Waals surface area contributed by atoms with Gasteiger partial charge in [0.25, 0.3) is 0 Å². The van der Waals surface area contributed by atoms with Gasteiger partial charge in [-0.3, -0.25) is 4.98 Å². The number of aryl methyl sites for hydroxylation is 3. The Morgan fingerprint density at radius 2 is 1.87 bits per heavy atom. The maximum atomic E-state index is 12.2. The third kappa shape index (κ3) is 4.79. The number of hydrogen-bond acceptors (Lipinski definition) is 3. The van der Waals surface area contributed by atoms with Gasteiger partial charge in [-0.1, -0.05) is 42.7 Å². The van der Waals surface area contributed by atoms with Crippen molar-refractivity contribution < 1.29 is 9.53 Å². The van der Waals surface area contributed by atoms with Crippen molar-refractivity contribution in [3.8, 4) is 0 Å². The normalized spacial score (nSPS) is 15.9. The molecule has 2 aliphatic rings. The summed E-state index contributed by atoms with van der Waals surface area (Å²) < 4.78 is 5.20. The van der Waals surface area contributed by atoms with Crippen LogP contribution in [0.25, 0.3) is 5.57 Å². The summed E-state index contributed by atoms with van der Waals surface area (Å²) in [5, 5.41) is 0.780. The van der Waals surface area contributed by atoms with E-state index in [-0.39, 0.29) is 6.09 Å². The van der Waals surface area contributed by atoms with Gasteiger partial charge >= 0.3 is 6.09 Å². The number of rotatable bonds is 4. The highest BCUT2D eigenvalue weighted by molar-refractivity contribution is 6.30. The van der Waals surface area contributed by atoms with Crippen molar-refractivity contribution in [3.05, 3.63) is 69.0 Å². The van der Waals surface area contributed by atoms with Crippen LogP contribution in [0.1, 0.15) is 67.5 Å². The molecule has 0 saturated carbocycles. The average Bonchev–Trinajstić information content (AvgIpc) is 2.94. The Morgan fingerprint density at radius 1 is 1.10 bits per heavy atom. The fourth-order valence-corrected chi connectivity index (χ4v) is 4.88. The zero-order chi connectivity index (χ0) is 21.8. The molecule has 31 heavy (non-hydrogen) atoms. The van der Waals surface area contributed by atoms with Crippen LogP contribution in [0.3, 0.4) is 0 Å². The predicted octanol–water partition coefficient (Wildman–Crippen LogP) is 6.23. The maximum Gasteiger partial charge on any atom is 0.409 e. The van der Waals surface area contributed by atoms with Gasteiger partial charge in [-0.2, -0.15) is 0 Å². The summed E-state index contributed by atoms with van der Waals surface area (Å²) in [5.74, 6) is 0. The third-order valence-corrected chi connectivity index (χ3v) is 6.56. The van der Waals surface area contributed by atoms with E-state index >= 15 is 0 Å². The van der Waals surface area contributed by atoms with Gasteiger partial charge in [0.2, 0.25) is 0 Å². The Balaban J connectivity index is 1.74. The summed E-state index contributed by atoms with van der Waals surface area (Å²) in [6, 6.07) is 8.60. The molecule has 1 aromatic heterocycles. The van der Waals surface area contributed by atoms with Gasteiger partial charge in [0.1, 0.15) is 0 Å². The van der Waals surface area contributed by atoms with Crippen LogP contribution in [0.15, 0.2) is 36.0 Å².